The van der Waals surface area contributed by atoms with Gasteiger partial charge in [0.15, 0.2) is 0 Å². The standard InChI is InChI=1S/C27H36N4O/c1-27-16-23-22(15-20-9-5-4-6-10-20)31(25(27)13-7-12-24(27)30(23)3)26(32)19-29(2)18-21-11-8-14-28-17-21/h4-6,8-11,14,17,22-25H,7,12-13,15-16,18-19H2,1-3H3/t22-,23-,24-,25+,27-/m0/s1. The van der Waals surface area contributed by atoms with Gasteiger partial charge in [0.05, 0.1) is 12.6 Å². The largest absolute Gasteiger partial charge is 0.333 e. The molecule has 3 heterocycles. The number of carbonyl (C=O) groups excluding carboxylic acids is 1. The molecule has 2 bridgehead atoms. The number of hydrogen-bond donors (Lipinski definition) is 0. The van der Waals surface area contributed by atoms with Crippen LogP contribution in [0.4, 0.5) is 0 Å². The van der Waals surface area contributed by atoms with Gasteiger partial charge in [0, 0.05) is 42.5 Å². The second-order valence-electron chi connectivity index (χ2n) is 10.5. The molecule has 1 aromatic heterocycles. The highest BCUT2D eigenvalue weighted by Gasteiger charge is 2.62. The Hall–Kier alpha value is -2.24. The molecular weight excluding hydrogens is 396 g/mol. The molecule has 1 saturated carbocycles. The van der Waals surface area contributed by atoms with Crippen LogP contribution in [0.5, 0.6) is 0 Å². The highest BCUT2D eigenvalue weighted by molar-refractivity contribution is 5.79. The van der Waals surface area contributed by atoms with E-state index in [0.29, 0.717) is 24.7 Å². The number of pyridine rings is 1. The van der Waals surface area contributed by atoms with E-state index in [9.17, 15) is 4.79 Å². The fourth-order valence-electron chi connectivity index (χ4n) is 7.05. The summed E-state index contributed by atoms with van der Waals surface area (Å²) in [6, 6.07) is 16.4. The van der Waals surface area contributed by atoms with Crippen molar-refractivity contribution in [2.24, 2.45) is 5.41 Å². The SMILES string of the molecule is CN(CC(=O)N1[C@@H](Cc2ccccc2)[C@@H]2C[C@@]3(C)[C@H](CCC[C@@H]13)N2C)Cc1cccnc1. The molecule has 1 aliphatic carbocycles. The van der Waals surface area contributed by atoms with Crippen LogP contribution in [0.2, 0.25) is 0 Å². The third kappa shape index (κ3) is 3.75. The number of amides is 1. The van der Waals surface area contributed by atoms with Crippen molar-refractivity contribution in [1.82, 2.24) is 19.7 Å². The molecule has 2 aromatic rings. The molecule has 0 spiro atoms. The van der Waals surface area contributed by atoms with Crippen molar-refractivity contribution >= 4 is 5.91 Å². The lowest BCUT2D eigenvalue weighted by Crippen LogP contribution is -2.63. The van der Waals surface area contributed by atoms with E-state index < -0.39 is 0 Å². The molecule has 3 aliphatic rings. The van der Waals surface area contributed by atoms with Gasteiger partial charge < -0.3 is 4.90 Å². The van der Waals surface area contributed by atoms with Crippen LogP contribution in [-0.2, 0) is 17.8 Å². The Morgan fingerprint density at radius 3 is 2.62 bits per heavy atom. The maximum absolute atomic E-state index is 13.9. The molecule has 3 fully saturated rings. The Labute approximate surface area is 192 Å². The number of likely N-dealkylation sites (tertiary alicyclic amines) is 2. The zero-order chi connectivity index (χ0) is 22.3. The number of carbonyl (C=O) groups is 1. The number of piperidine rings is 1. The summed E-state index contributed by atoms with van der Waals surface area (Å²) in [7, 11) is 4.36. The number of nitrogens with zero attached hydrogens (tertiary/aromatic N) is 4. The maximum Gasteiger partial charge on any atom is 0.237 e. The zero-order valence-electron chi connectivity index (χ0n) is 19.7. The van der Waals surface area contributed by atoms with Gasteiger partial charge in [-0.3, -0.25) is 19.6 Å². The Kier molecular flexibility index (Phi) is 5.81. The van der Waals surface area contributed by atoms with Crippen LogP contribution < -0.4 is 0 Å². The summed E-state index contributed by atoms with van der Waals surface area (Å²) in [5.41, 5.74) is 2.69. The first-order chi connectivity index (χ1) is 15.5. The monoisotopic (exact) mass is 432 g/mol. The summed E-state index contributed by atoms with van der Waals surface area (Å²) in [5.74, 6) is 0.286. The van der Waals surface area contributed by atoms with Crippen molar-refractivity contribution in [2.45, 2.75) is 69.7 Å². The van der Waals surface area contributed by atoms with Crippen molar-refractivity contribution in [3.05, 3.63) is 66.0 Å². The molecule has 0 radical (unpaired) electrons. The topological polar surface area (TPSA) is 39.7 Å². The van der Waals surface area contributed by atoms with E-state index in [1.807, 2.05) is 19.3 Å². The fourth-order valence-corrected chi connectivity index (χ4v) is 7.05. The van der Waals surface area contributed by atoms with E-state index >= 15 is 0 Å². The molecule has 2 aliphatic heterocycles. The molecule has 5 nitrogen and oxygen atoms in total. The van der Waals surface area contributed by atoms with Crippen LogP contribution in [0.15, 0.2) is 54.9 Å². The van der Waals surface area contributed by atoms with Crippen molar-refractivity contribution < 1.29 is 4.79 Å². The fraction of sp³-hybridized carbons (Fsp3) is 0.556. The van der Waals surface area contributed by atoms with Crippen LogP contribution in [0.25, 0.3) is 0 Å². The Balaban J connectivity index is 1.42. The highest BCUT2D eigenvalue weighted by atomic mass is 16.2. The smallest absolute Gasteiger partial charge is 0.237 e. The Morgan fingerprint density at radius 2 is 1.88 bits per heavy atom. The summed E-state index contributed by atoms with van der Waals surface area (Å²) in [5, 5.41) is 0. The lowest BCUT2D eigenvalue weighted by molar-refractivity contribution is -0.145. The average molecular weight is 433 g/mol. The number of aromatic nitrogens is 1. The van der Waals surface area contributed by atoms with Gasteiger partial charge in [0.25, 0.3) is 0 Å². The summed E-state index contributed by atoms with van der Waals surface area (Å²) in [6.07, 6.45) is 9.46. The molecule has 32 heavy (non-hydrogen) atoms. The van der Waals surface area contributed by atoms with Crippen molar-refractivity contribution in [3.63, 3.8) is 0 Å². The van der Waals surface area contributed by atoms with Crippen molar-refractivity contribution in [3.8, 4) is 0 Å². The van der Waals surface area contributed by atoms with Gasteiger partial charge in [-0.2, -0.15) is 0 Å². The first-order valence-corrected chi connectivity index (χ1v) is 12.1. The van der Waals surface area contributed by atoms with Crippen LogP contribution >= 0.6 is 0 Å². The van der Waals surface area contributed by atoms with Crippen LogP contribution in [-0.4, -0.2) is 70.4 Å². The van der Waals surface area contributed by atoms with E-state index in [4.69, 9.17) is 0 Å². The summed E-state index contributed by atoms with van der Waals surface area (Å²) in [4.78, 5) is 25.3. The molecule has 0 unspecified atom stereocenters. The second kappa shape index (κ2) is 8.60. The minimum Gasteiger partial charge on any atom is -0.333 e. The van der Waals surface area contributed by atoms with Gasteiger partial charge in [-0.15, -0.1) is 0 Å². The van der Waals surface area contributed by atoms with Gasteiger partial charge in [-0.05, 0) is 63.4 Å². The lowest BCUT2D eigenvalue weighted by atomic mass is 9.64. The van der Waals surface area contributed by atoms with E-state index in [2.05, 4.69) is 70.1 Å². The van der Waals surface area contributed by atoms with E-state index in [1.165, 1.54) is 24.8 Å². The predicted octanol–water partition coefficient (Wildman–Crippen LogP) is 3.60. The average Bonchev–Trinajstić information content (AvgIpc) is 3.05. The Morgan fingerprint density at radius 1 is 1.12 bits per heavy atom. The van der Waals surface area contributed by atoms with Gasteiger partial charge in [0.2, 0.25) is 5.91 Å². The highest BCUT2D eigenvalue weighted by Crippen LogP contribution is 2.55. The van der Waals surface area contributed by atoms with E-state index in [1.54, 1.807) is 6.20 Å². The minimum absolute atomic E-state index is 0.211. The molecule has 5 heteroatoms. The molecule has 1 aromatic carbocycles. The quantitative estimate of drug-likeness (QED) is 0.699. The Bertz CT molecular complexity index is 935. The van der Waals surface area contributed by atoms with Crippen molar-refractivity contribution in [2.75, 3.05) is 20.6 Å². The molecule has 0 N–H and O–H groups in total. The third-order valence-electron chi connectivity index (χ3n) is 8.43. The first kappa shape index (κ1) is 21.6. The molecule has 2 saturated heterocycles. The van der Waals surface area contributed by atoms with Crippen LogP contribution in [0.3, 0.4) is 0 Å². The summed E-state index contributed by atoms with van der Waals surface area (Å²) >= 11 is 0. The molecular formula is C27H36N4O. The number of benzene rings is 1. The number of hydrogen-bond acceptors (Lipinski definition) is 4. The first-order valence-electron chi connectivity index (χ1n) is 12.1. The number of rotatable bonds is 6. The van der Waals surface area contributed by atoms with E-state index in [-0.39, 0.29) is 17.4 Å². The molecule has 5 atom stereocenters. The van der Waals surface area contributed by atoms with Gasteiger partial charge in [-0.1, -0.05) is 43.3 Å². The maximum atomic E-state index is 13.9. The number of likely N-dealkylation sites (N-methyl/N-ethyl adjacent to an activating group) is 2. The van der Waals surface area contributed by atoms with Gasteiger partial charge in [0.1, 0.15) is 0 Å². The summed E-state index contributed by atoms with van der Waals surface area (Å²) in [6.45, 7) is 3.65. The zero-order valence-corrected chi connectivity index (χ0v) is 19.7. The van der Waals surface area contributed by atoms with E-state index in [0.717, 1.165) is 24.9 Å². The molecule has 1 amide bonds. The predicted molar refractivity (Wildman–Crippen MR) is 127 cm³/mol. The van der Waals surface area contributed by atoms with Crippen molar-refractivity contribution in [1.29, 1.82) is 0 Å². The third-order valence-corrected chi connectivity index (χ3v) is 8.43. The lowest BCUT2D eigenvalue weighted by Gasteiger charge is -2.53. The number of fused-ring (bicyclic) bond motifs is 1. The second-order valence-corrected chi connectivity index (χ2v) is 10.5. The normalized spacial score (nSPS) is 31.8. The molecule has 5 rings (SSSR count). The van der Waals surface area contributed by atoms with Gasteiger partial charge in [-0.25, -0.2) is 0 Å². The van der Waals surface area contributed by atoms with Crippen LogP contribution in [0, 0.1) is 5.41 Å². The summed E-state index contributed by atoms with van der Waals surface area (Å²) < 4.78 is 0. The van der Waals surface area contributed by atoms with Gasteiger partial charge >= 0.3 is 0 Å². The minimum atomic E-state index is 0.211. The molecule has 170 valence electrons. The van der Waals surface area contributed by atoms with Crippen LogP contribution in [0.1, 0.15) is 43.7 Å².